The van der Waals surface area contributed by atoms with E-state index in [0.29, 0.717) is 19.0 Å². The van der Waals surface area contributed by atoms with E-state index < -0.39 is 16.0 Å². The standard InChI is InChI=1S/C14H18ClNO4S/c1-2-3-10-6-7-16(9-10)21(19,20)11-4-5-12(14(17)18)13(15)8-11/h4-5,8,10H,2-3,6-7,9H2,1H3,(H,17,18). The van der Waals surface area contributed by atoms with Crippen LogP contribution in [0.1, 0.15) is 36.5 Å². The second-order valence-electron chi connectivity index (χ2n) is 5.25. The van der Waals surface area contributed by atoms with Crippen molar-refractivity contribution in [3.8, 4) is 0 Å². The molecule has 5 nitrogen and oxygen atoms in total. The molecule has 0 radical (unpaired) electrons. The van der Waals surface area contributed by atoms with Gasteiger partial charge in [-0.05, 0) is 37.0 Å². The Hall–Kier alpha value is -1.11. The number of carboxylic acid groups (broad SMARTS) is 1. The number of rotatable bonds is 5. The number of benzene rings is 1. The van der Waals surface area contributed by atoms with E-state index in [1.165, 1.54) is 22.5 Å². The average molecular weight is 332 g/mol. The molecule has 21 heavy (non-hydrogen) atoms. The van der Waals surface area contributed by atoms with Crippen LogP contribution in [0.15, 0.2) is 23.1 Å². The molecule has 0 bridgehead atoms. The van der Waals surface area contributed by atoms with E-state index in [0.717, 1.165) is 19.3 Å². The van der Waals surface area contributed by atoms with Gasteiger partial charge in [0.1, 0.15) is 0 Å². The predicted molar refractivity (Wildman–Crippen MR) is 80.2 cm³/mol. The van der Waals surface area contributed by atoms with Crippen LogP contribution in [0.25, 0.3) is 0 Å². The van der Waals surface area contributed by atoms with Crippen LogP contribution in [0.5, 0.6) is 0 Å². The van der Waals surface area contributed by atoms with Gasteiger partial charge in [-0.15, -0.1) is 0 Å². The van der Waals surface area contributed by atoms with Crippen LogP contribution >= 0.6 is 11.6 Å². The molecule has 1 aromatic carbocycles. The van der Waals surface area contributed by atoms with Crippen molar-refractivity contribution in [2.24, 2.45) is 5.92 Å². The summed E-state index contributed by atoms with van der Waals surface area (Å²) in [5, 5.41) is 8.86. The zero-order valence-electron chi connectivity index (χ0n) is 11.8. The van der Waals surface area contributed by atoms with Gasteiger partial charge in [0.25, 0.3) is 0 Å². The number of sulfonamides is 1. The van der Waals surface area contributed by atoms with Crippen LogP contribution in [0.2, 0.25) is 5.02 Å². The van der Waals surface area contributed by atoms with Crippen molar-refractivity contribution < 1.29 is 18.3 Å². The Morgan fingerprint density at radius 3 is 2.76 bits per heavy atom. The van der Waals surface area contributed by atoms with Crippen molar-refractivity contribution in [3.05, 3.63) is 28.8 Å². The summed E-state index contributed by atoms with van der Waals surface area (Å²) in [6.45, 7) is 3.11. The minimum absolute atomic E-state index is 0.0506. The van der Waals surface area contributed by atoms with E-state index in [4.69, 9.17) is 16.7 Å². The molecule has 0 amide bonds. The first-order valence-corrected chi connectivity index (χ1v) is 8.71. The zero-order chi connectivity index (χ0) is 15.6. The predicted octanol–water partition coefficient (Wildman–Crippen LogP) is 2.85. The smallest absolute Gasteiger partial charge is 0.337 e. The first kappa shape index (κ1) is 16.3. The lowest BCUT2D eigenvalue weighted by Gasteiger charge is -2.17. The molecule has 1 aliphatic heterocycles. The van der Waals surface area contributed by atoms with Gasteiger partial charge in [0.05, 0.1) is 15.5 Å². The normalized spacial score (nSPS) is 19.8. The summed E-state index contributed by atoms with van der Waals surface area (Å²) >= 11 is 5.85. The van der Waals surface area contributed by atoms with Crippen molar-refractivity contribution in [2.75, 3.05) is 13.1 Å². The van der Waals surface area contributed by atoms with Gasteiger partial charge in [-0.2, -0.15) is 4.31 Å². The molecule has 7 heteroatoms. The molecule has 1 heterocycles. The number of hydrogen-bond donors (Lipinski definition) is 1. The summed E-state index contributed by atoms with van der Waals surface area (Å²) in [6, 6.07) is 3.75. The Kier molecular flexibility index (Phi) is 4.91. The fraction of sp³-hybridized carbons (Fsp3) is 0.500. The van der Waals surface area contributed by atoms with Crippen molar-refractivity contribution >= 4 is 27.6 Å². The monoisotopic (exact) mass is 331 g/mol. The lowest BCUT2D eigenvalue weighted by Crippen LogP contribution is -2.29. The summed E-state index contributed by atoms with van der Waals surface area (Å²) in [4.78, 5) is 11.0. The van der Waals surface area contributed by atoms with Gasteiger partial charge in [0, 0.05) is 13.1 Å². The molecule has 1 N–H and O–H groups in total. The molecule has 0 saturated carbocycles. The van der Waals surface area contributed by atoms with Crippen molar-refractivity contribution in [2.45, 2.75) is 31.1 Å². The molecule has 1 saturated heterocycles. The summed E-state index contributed by atoms with van der Waals surface area (Å²) in [7, 11) is -3.60. The molecule has 1 aliphatic rings. The lowest BCUT2D eigenvalue weighted by atomic mass is 10.0. The van der Waals surface area contributed by atoms with Gasteiger partial charge in [0.2, 0.25) is 10.0 Å². The second-order valence-corrected chi connectivity index (χ2v) is 7.60. The molecule has 1 fully saturated rings. The Labute approximate surface area is 129 Å². The Balaban J connectivity index is 2.24. The quantitative estimate of drug-likeness (QED) is 0.900. The fourth-order valence-electron chi connectivity index (χ4n) is 2.64. The van der Waals surface area contributed by atoms with Crippen LogP contribution in [0.4, 0.5) is 0 Å². The first-order chi connectivity index (χ1) is 9.86. The third-order valence-corrected chi connectivity index (χ3v) is 5.93. The number of aromatic carboxylic acids is 1. The maximum Gasteiger partial charge on any atom is 0.337 e. The van der Waals surface area contributed by atoms with Crippen molar-refractivity contribution in [3.63, 3.8) is 0 Å². The van der Waals surface area contributed by atoms with E-state index in [9.17, 15) is 13.2 Å². The zero-order valence-corrected chi connectivity index (χ0v) is 13.3. The second kappa shape index (κ2) is 6.34. The molecule has 1 atom stereocenters. The molecule has 0 spiro atoms. The maximum atomic E-state index is 12.5. The molecule has 1 unspecified atom stereocenters. The number of hydrogen-bond acceptors (Lipinski definition) is 3. The maximum absolute atomic E-state index is 12.5. The lowest BCUT2D eigenvalue weighted by molar-refractivity contribution is 0.0697. The van der Waals surface area contributed by atoms with Crippen LogP contribution < -0.4 is 0 Å². The van der Waals surface area contributed by atoms with E-state index in [1.807, 2.05) is 0 Å². The number of carbonyl (C=O) groups is 1. The van der Waals surface area contributed by atoms with E-state index in [1.54, 1.807) is 0 Å². The van der Waals surface area contributed by atoms with Crippen molar-refractivity contribution in [1.29, 1.82) is 0 Å². The van der Waals surface area contributed by atoms with Crippen LogP contribution in [0, 0.1) is 5.92 Å². The number of halogens is 1. The van der Waals surface area contributed by atoms with Crippen LogP contribution in [0.3, 0.4) is 0 Å². The molecule has 2 rings (SSSR count). The highest BCUT2D eigenvalue weighted by Crippen LogP contribution is 2.29. The van der Waals surface area contributed by atoms with E-state index in [-0.39, 0.29) is 15.5 Å². The Bertz CT molecular complexity index is 644. The van der Waals surface area contributed by atoms with Gasteiger partial charge in [0.15, 0.2) is 0 Å². The summed E-state index contributed by atoms with van der Waals surface area (Å²) in [6.07, 6.45) is 2.93. The topological polar surface area (TPSA) is 74.7 Å². The third kappa shape index (κ3) is 3.39. The van der Waals surface area contributed by atoms with Gasteiger partial charge >= 0.3 is 5.97 Å². The largest absolute Gasteiger partial charge is 0.478 e. The summed E-state index contributed by atoms with van der Waals surface area (Å²) < 4.78 is 26.5. The van der Waals surface area contributed by atoms with Gasteiger partial charge < -0.3 is 5.11 Å². The van der Waals surface area contributed by atoms with Gasteiger partial charge in [-0.25, -0.2) is 13.2 Å². The van der Waals surface area contributed by atoms with Gasteiger partial charge in [-0.1, -0.05) is 24.9 Å². The minimum Gasteiger partial charge on any atom is -0.478 e. The molecular formula is C14H18ClNO4S. The summed E-state index contributed by atoms with van der Waals surface area (Å²) in [5.41, 5.74) is -0.0964. The minimum atomic E-state index is -3.60. The first-order valence-electron chi connectivity index (χ1n) is 6.89. The van der Waals surface area contributed by atoms with Gasteiger partial charge in [-0.3, -0.25) is 0 Å². The average Bonchev–Trinajstić information content (AvgIpc) is 2.88. The molecular weight excluding hydrogens is 314 g/mol. The molecule has 0 aliphatic carbocycles. The third-order valence-electron chi connectivity index (χ3n) is 3.75. The Morgan fingerprint density at radius 1 is 1.48 bits per heavy atom. The van der Waals surface area contributed by atoms with Crippen molar-refractivity contribution in [1.82, 2.24) is 4.31 Å². The van der Waals surface area contributed by atoms with Crippen LogP contribution in [-0.2, 0) is 10.0 Å². The molecule has 116 valence electrons. The number of nitrogens with zero attached hydrogens (tertiary/aromatic N) is 1. The molecule has 0 aromatic heterocycles. The molecule has 1 aromatic rings. The Morgan fingerprint density at radius 2 is 2.19 bits per heavy atom. The highest BCUT2D eigenvalue weighted by atomic mass is 35.5. The van der Waals surface area contributed by atoms with Crippen LogP contribution in [-0.4, -0.2) is 36.9 Å². The summed E-state index contributed by atoms with van der Waals surface area (Å²) in [5.74, 6) is -0.772. The number of carboxylic acids is 1. The van der Waals surface area contributed by atoms with E-state index in [2.05, 4.69) is 6.92 Å². The SMILES string of the molecule is CCCC1CCN(S(=O)(=O)c2ccc(C(=O)O)c(Cl)c2)C1. The van der Waals surface area contributed by atoms with E-state index >= 15 is 0 Å². The highest BCUT2D eigenvalue weighted by molar-refractivity contribution is 7.89. The fourth-order valence-corrected chi connectivity index (χ4v) is 4.52. The highest BCUT2D eigenvalue weighted by Gasteiger charge is 2.32.